The molecule has 4 aromatic rings. The second-order valence-electron chi connectivity index (χ2n) is 5.45. The lowest BCUT2D eigenvalue weighted by Crippen LogP contribution is -2.24. The van der Waals surface area contributed by atoms with Crippen LogP contribution >= 0.6 is 23.1 Å². The van der Waals surface area contributed by atoms with Crippen molar-refractivity contribution in [2.45, 2.75) is 18.6 Å². The standard InChI is InChI=1S/C17H15N5OS2/c1-11-19-16-13-6-2-3-7-14(13)20-17(22(16)21-11)25-10-15(23)18-9-12-5-4-8-24-12/h2-8H,9-10H2,1H3,(H,18,23). The number of aryl methyl sites for hydroxylation is 1. The van der Waals surface area contributed by atoms with Crippen LogP contribution in [0.3, 0.4) is 0 Å². The molecule has 0 aliphatic heterocycles. The molecule has 1 amide bonds. The smallest absolute Gasteiger partial charge is 0.230 e. The third kappa shape index (κ3) is 3.35. The molecule has 0 saturated heterocycles. The molecular formula is C17H15N5OS2. The SMILES string of the molecule is Cc1nc2c3ccccc3nc(SCC(=O)NCc3cccs3)n2n1. The first-order valence-electron chi connectivity index (χ1n) is 7.75. The summed E-state index contributed by atoms with van der Waals surface area (Å²) < 4.78 is 1.72. The summed E-state index contributed by atoms with van der Waals surface area (Å²) in [6, 6.07) is 11.8. The lowest BCUT2D eigenvalue weighted by molar-refractivity contribution is -0.118. The molecule has 0 aliphatic carbocycles. The highest BCUT2D eigenvalue weighted by Gasteiger charge is 2.13. The van der Waals surface area contributed by atoms with Gasteiger partial charge in [0, 0.05) is 10.3 Å². The van der Waals surface area contributed by atoms with E-state index in [-0.39, 0.29) is 11.7 Å². The average molecular weight is 369 g/mol. The van der Waals surface area contributed by atoms with Crippen LogP contribution in [0.2, 0.25) is 0 Å². The molecule has 3 aromatic heterocycles. The van der Waals surface area contributed by atoms with E-state index in [2.05, 4.69) is 20.4 Å². The number of carbonyl (C=O) groups excluding carboxylic acids is 1. The Kier molecular flexibility index (Phi) is 4.37. The summed E-state index contributed by atoms with van der Waals surface area (Å²) in [7, 11) is 0. The second kappa shape index (κ2) is 6.81. The van der Waals surface area contributed by atoms with Gasteiger partial charge in [-0.25, -0.2) is 9.97 Å². The van der Waals surface area contributed by atoms with Crippen molar-refractivity contribution >= 4 is 45.6 Å². The third-order valence-electron chi connectivity index (χ3n) is 3.63. The number of hydrogen-bond acceptors (Lipinski definition) is 6. The summed E-state index contributed by atoms with van der Waals surface area (Å²) >= 11 is 2.99. The fourth-order valence-corrected chi connectivity index (χ4v) is 3.93. The normalized spacial score (nSPS) is 11.2. The Hall–Kier alpha value is -2.45. The zero-order chi connectivity index (χ0) is 17.2. The molecule has 0 bridgehead atoms. The van der Waals surface area contributed by atoms with Crippen molar-refractivity contribution in [2.24, 2.45) is 0 Å². The van der Waals surface area contributed by atoms with Gasteiger partial charge in [-0.05, 0) is 30.5 Å². The van der Waals surface area contributed by atoms with Gasteiger partial charge >= 0.3 is 0 Å². The van der Waals surface area contributed by atoms with Gasteiger partial charge in [0.1, 0.15) is 5.82 Å². The van der Waals surface area contributed by atoms with Gasteiger partial charge in [0.15, 0.2) is 10.8 Å². The number of hydrogen-bond donors (Lipinski definition) is 1. The number of aromatic nitrogens is 4. The van der Waals surface area contributed by atoms with Crippen molar-refractivity contribution in [3.63, 3.8) is 0 Å². The quantitative estimate of drug-likeness (QED) is 0.432. The van der Waals surface area contributed by atoms with Crippen molar-refractivity contribution in [3.8, 4) is 0 Å². The van der Waals surface area contributed by atoms with E-state index in [0.717, 1.165) is 21.4 Å². The van der Waals surface area contributed by atoms with Crippen molar-refractivity contribution in [2.75, 3.05) is 5.75 Å². The van der Waals surface area contributed by atoms with E-state index in [9.17, 15) is 4.79 Å². The highest BCUT2D eigenvalue weighted by atomic mass is 32.2. The Morgan fingerprint density at radius 1 is 1.24 bits per heavy atom. The molecular weight excluding hydrogens is 354 g/mol. The molecule has 8 heteroatoms. The highest BCUT2D eigenvalue weighted by molar-refractivity contribution is 7.99. The Morgan fingerprint density at radius 3 is 2.96 bits per heavy atom. The number of nitrogens with zero attached hydrogens (tertiary/aromatic N) is 4. The van der Waals surface area contributed by atoms with Crippen LogP contribution < -0.4 is 5.32 Å². The molecule has 0 atom stereocenters. The van der Waals surface area contributed by atoms with Gasteiger partial charge < -0.3 is 5.32 Å². The Morgan fingerprint density at radius 2 is 2.12 bits per heavy atom. The maximum absolute atomic E-state index is 12.1. The summed E-state index contributed by atoms with van der Waals surface area (Å²) in [4.78, 5) is 22.4. The number of carbonyl (C=O) groups is 1. The van der Waals surface area contributed by atoms with Crippen LogP contribution in [0.5, 0.6) is 0 Å². The molecule has 0 aliphatic rings. The summed E-state index contributed by atoms with van der Waals surface area (Å²) in [6.07, 6.45) is 0. The van der Waals surface area contributed by atoms with E-state index in [1.165, 1.54) is 11.8 Å². The van der Waals surface area contributed by atoms with Gasteiger partial charge in [-0.15, -0.1) is 16.4 Å². The van der Waals surface area contributed by atoms with E-state index < -0.39 is 0 Å². The largest absolute Gasteiger partial charge is 0.350 e. The Labute approximate surface area is 152 Å². The molecule has 0 unspecified atom stereocenters. The predicted molar refractivity (Wildman–Crippen MR) is 99.9 cm³/mol. The van der Waals surface area contributed by atoms with Crippen molar-refractivity contribution in [1.29, 1.82) is 0 Å². The van der Waals surface area contributed by atoms with E-state index in [4.69, 9.17) is 0 Å². The summed E-state index contributed by atoms with van der Waals surface area (Å²) in [5.41, 5.74) is 1.62. The number of para-hydroxylation sites is 1. The van der Waals surface area contributed by atoms with Crippen LogP contribution in [0.1, 0.15) is 10.7 Å². The lowest BCUT2D eigenvalue weighted by Gasteiger charge is -2.06. The molecule has 1 N–H and O–H groups in total. The number of rotatable bonds is 5. The molecule has 1 aromatic carbocycles. The zero-order valence-electron chi connectivity index (χ0n) is 13.5. The predicted octanol–water partition coefficient (Wildman–Crippen LogP) is 3.06. The molecule has 6 nitrogen and oxygen atoms in total. The highest BCUT2D eigenvalue weighted by Crippen LogP contribution is 2.23. The maximum Gasteiger partial charge on any atom is 0.230 e. The lowest BCUT2D eigenvalue weighted by atomic mass is 10.2. The molecule has 3 heterocycles. The van der Waals surface area contributed by atoms with Gasteiger partial charge in [-0.3, -0.25) is 4.79 Å². The number of nitrogens with one attached hydrogen (secondary N) is 1. The molecule has 0 saturated carbocycles. The topological polar surface area (TPSA) is 72.2 Å². The number of thiophene rings is 1. The van der Waals surface area contributed by atoms with Gasteiger partial charge in [-0.2, -0.15) is 4.52 Å². The van der Waals surface area contributed by atoms with Gasteiger partial charge in [0.2, 0.25) is 5.91 Å². The molecule has 0 spiro atoms. The molecule has 0 radical (unpaired) electrons. The monoisotopic (exact) mass is 369 g/mol. The van der Waals surface area contributed by atoms with Gasteiger partial charge in [0.25, 0.3) is 0 Å². The Bertz CT molecular complexity index is 1040. The number of thioether (sulfide) groups is 1. The van der Waals surface area contributed by atoms with E-state index in [1.807, 2.05) is 48.7 Å². The molecule has 4 rings (SSSR count). The van der Waals surface area contributed by atoms with Crippen LogP contribution in [0.4, 0.5) is 0 Å². The van der Waals surface area contributed by atoms with Crippen LogP contribution in [0, 0.1) is 6.92 Å². The minimum absolute atomic E-state index is 0.0293. The van der Waals surface area contributed by atoms with E-state index >= 15 is 0 Å². The fraction of sp³-hybridized carbons (Fsp3) is 0.176. The van der Waals surface area contributed by atoms with Gasteiger partial charge in [0.05, 0.1) is 17.8 Å². The minimum Gasteiger partial charge on any atom is -0.350 e. The van der Waals surface area contributed by atoms with Crippen molar-refractivity contribution < 1.29 is 4.79 Å². The van der Waals surface area contributed by atoms with E-state index in [0.29, 0.717) is 17.5 Å². The van der Waals surface area contributed by atoms with E-state index in [1.54, 1.807) is 15.9 Å². The zero-order valence-corrected chi connectivity index (χ0v) is 15.1. The van der Waals surface area contributed by atoms with Gasteiger partial charge in [-0.1, -0.05) is 30.0 Å². The first-order valence-corrected chi connectivity index (χ1v) is 9.61. The summed E-state index contributed by atoms with van der Waals surface area (Å²) in [6.45, 7) is 2.41. The van der Waals surface area contributed by atoms with Crippen LogP contribution in [-0.2, 0) is 11.3 Å². The van der Waals surface area contributed by atoms with Crippen LogP contribution in [0.25, 0.3) is 16.6 Å². The van der Waals surface area contributed by atoms with Crippen molar-refractivity contribution in [3.05, 3.63) is 52.5 Å². The van der Waals surface area contributed by atoms with Crippen LogP contribution in [-0.4, -0.2) is 31.2 Å². The first-order chi connectivity index (χ1) is 12.2. The second-order valence-corrected chi connectivity index (χ2v) is 7.43. The fourth-order valence-electron chi connectivity index (χ4n) is 2.51. The van der Waals surface area contributed by atoms with Crippen LogP contribution in [0.15, 0.2) is 46.9 Å². The summed E-state index contributed by atoms with van der Waals surface area (Å²) in [5.74, 6) is 0.936. The summed E-state index contributed by atoms with van der Waals surface area (Å²) in [5, 5.41) is 11.0. The molecule has 0 fully saturated rings. The third-order valence-corrected chi connectivity index (χ3v) is 5.43. The Balaban J connectivity index is 1.55. The minimum atomic E-state index is -0.0293. The average Bonchev–Trinajstić information content (AvgIpc) is 3.27. The van der Waals surface area contributed by atoms with Crippen molar-refractivity contribution in [1.82, 2.24) is 24.9 Å². The number of fused-ring (bicyclic) bond motifs is 3. The first kappa shape index (κ1) is 16.0. The maximum atomic E-state index is 12.1. The number of benzene rings is 1. The molecule has 25 heavy (non-hydrogen) atoms. The molecule has 126 valence electrons. The number of amides is 1.